The second kappa shape index (κ2) is 13.8. The molecule has 0 amide bonds. The molecule has 0 saturated carbocycles. The first-order valence-corrected chi connectivity index (χ1v) is 18.3. The monoisotopic (exact) mass is 704 g/mol. The van der Waals surface area contributed by atoms with Gasteiger partial charge in [0.15, 0.2) is 23.3 Å². The van der Waals surface area contributed by atoms with E-state index in [1.807, 2.05) is 72.8 Å². The Morgan fingerprint density at radius 1 is 0.291 bits per heavy atom. The molecule has 0 aliphatic heterocycles. The first kappa shape index (κ1) is 32.1. The molecule has 7 aromatic carbocycles. The lowest BCUT2D eigenvalue weighted by Crippen LogP contribution is -2.00. The van der Waals surface area contributed by atoms with E-state index in [1.54, 1.807) is 0 Å². The van der Waals surface area contributed by atoms with Crippen LogP contribution in [0.1, 0.15) is 0 Å². The van der Waals surface area contributed by atoms with Crippen molar-refractivity contribution in [3.05, 3.63) is 194 Å². The highest BCUT2D eigenvalue weighted by molar-refractivity contribution is 6.11. The molecule has 6 heteroatoms. The van der Waals surface area contributed by atoms with Gasteiger partial charge in [-0.25, -0.2) is 24.9 Å². The van der Waals surface area contributed by atoms with Crippen LogP contribution in [0.2, 0.25) is 0 Å². The Morgan fingerprint density at radius 2 is 0.673 bits per heavy atom. The first-order valence-electron chi connectivity index (χ1n) is 18.3. The van der Waals surface area contributed by atoms with Crippen LogP contribution >= 0.6 is 0 Å². The standard InChI is InChI=1S/C49H32N6/c1-5-15-35(16-6-1)43-45-44(41-23-13-14-24-42(41)55(45)40-21-11-4-12-22-40)51-46(50-43)38-29-25-33(26-30-38)34-27-31-39(32-28-34)49-53-47(36-17-7-2-8-18-36)52-48(54-49)37-19-9-3-10-20-37/h1-32H. The van der Waals surface area contributed by atoms with E-state index >= 15 is 0 Å². The molecule has 0 unspecified atom stereocenters. The van der Waals surface area contributed by atoms with Gasteiger partial charge in [-0.1, -0.05) is 176 Å². The zero-order valence-electron chi connectivity index (χ0n) is 29.7. The molecule has 0 aliphatic rings. The Labute approximate surface area is 318 Å². The lowest BCUT2D eigenvalue weighted by atomic mass is 10.0. The zero-order chi connectivity index (χ0) is 36.6. The van der Waals surface area contributed by atoms with Crippen LogP contribution in [-0.2, 0) is 0 Å². The minimum atomic E-state index is 0.630. The maximum atomic E-state index is 5.28. The van der Waals surface area contributed by atoms with Crippen LogP contribution in [0.15, 0.2) is 194 Å². The number of hydrogen-bond donors (Lipinski definition) is 0. The van der Waals surface area contributed by atoms with Gasteiger partial charge in [0.1, 0.15) is 5.52 Å². The predicted octanol–water partition coefficient (Wildman–Crippen LogP) is 11.8. The predicted molar refractivity (Wildman–Crippen MR) is 222 cm³/mol. The lowest BCUT2D eigenvalue weighted by Gasteiger charge is -2.12. The number of fused-ring (bicyclic) bond motifs is 3. The summed E-state index contributed by atoms with van der Waals surface area (Å²) in [6, 6.07) is 66.3. The van der Waals surface area contributed by atoms with E-state index in [1.165, 1.54) is 0 Å². The van der Waals surface area contributed by atoms with Crippen LogP contribution in [0, 0.1) is 0 Å². The molecule has 3 heterocycles. The van der Waals surface area contributed by atoms with Gasteiger partial charge in [0, 0.05) is 38.9 Å². The van der Waals surface area contributed by atoms with Crippen LogP contribution in [0.4, 0.5) is 0 Å². The maximum Gasteiger partial charge on any atom is 0.164 e. The van der Waals surface area contributed by atoms with Gasteiger partial charge in [0.25, 0.3) is 0 Å². The molecule has 10 rings (SSSR count). The summed E-state index contributed by atoms with van der Waals surface area (Å²) >= 11 is 0. The van der Waals surface area contributed by atoms with Crippen LogP contribution in [0.5, 0.6) is 0 Å². The topological polar surface area (TPSA) is 69.4 Å². The third-order valence-corrected chi connectivity index (χ3v) is 9.89. The molecule has 0 spiro atoms. The van der Waals surface area contributed by atoms with Crippen molar-refractivity contribution in [1.82, 2.24) is 29.5 Å². The largest absolute Gasteiger partial charge is 0.306 e. The maximum absolute atomic E-state index is 5.28. The van der Waals surface area contributed by atoms with Crippen LogP contribution in [0.3, 0.4) is 0 Å². The Balaban J connectivity index is 1.03. The smallest absolute Gasteiger partial charge is 0.164 e. The van der Waals surface area contributed by atoms with Gasteiger partial charge in [0.2, 0.25) is 0 Å². The molecule has 10 aromatic rings. The fourth-order valence-electron chi connectivity index (χ4n) is 7.18. The molecule has 0 N–H and O–H groups in total. The molecule has 0 saturated heterocycles. The van der Waals surface area contributed by atoms with Crippen molar-refractivity contribution in [2.24, 2.45) is 0 Å². The van der Waals surface area contributed by atoms with Crippen molar-refractivity contribution >= 4 is 21.9 Å². The second-order valence-electron chi connectivity index (χ2n) is 13.3. The van der Waals surface area contributed by atoms with Crippen molar-refractivity contribution in [2.45, 2.75) is 0 Å². The SMILES string of the molecule is c1ccc(-c2nc(-c3ccccc3)nc(-c3ccc(-c4ccc(-c5nc(-c6ccccc6)c6c(n5)c5ccccc5n6-c5ccccc5)cc4)cc3)n2)cc1. The van der Waals surface area contributed by atoms with E-state index in [4.69, 9.17) is 24.9 Å². The average Bonchev–Trinajstić information content (AvgIpc) is 3.61. The van der Waals surface area contributed by atoms with Crippen molar-refractivity contribution in [1.29, 1.82) is 0 Å². The van der Waals surface area contributed by atoms with E-state index in [9.17, 15) is 0 Å². The molecule has 0 radical (unpaired) electrons. The second-order valence-corrected chi connectivity index (χ2v) is 13.3. The van der Waals surface area contributed by atoms with Gasteiger partial charge >= 0.3 is 0 Å². The van der Waals surface area contributed by atoms with E-state index < -0.39 is 0 Å². The van der Waals surface area contributed by atoms with Crippen molar-refractivity contribution in [2.75, 3.05) is 0 Å². The Kier molecular flexibility index (Phi) is 8.04. The Bertz CT molecular complexity index is 2870. The van der Waals surface area contributed by atoms with Crippen LogP contribution in [0.25, 0.3) is 95.6 Å². The van der Waals surface area contributed by atoms with Gasteiger partial charge in [-0.15, -0.1) is 0 Å². The highest BCUT2D eigenvalue weighted by Crippen LogP contribution is 2.38. The molecule has 0 bridgehead atoms. The van der Waals surface area contributed by atoms with E-state index in [0.29, 0.717) is 23.3 Å². The van der Waals surface area contributed by atoms with Crippen molar-refractivity contribution in [3.8, 4) is 73.6 Å². The van der Waals surface area contributed by atoms with Crippen molar-refractivity contribution in [3.63, 3.8) is 0 Å². The highest BCUT2D eigenvalue weighted by atomic mass is 15.0. The summed E-state index contributed by atoms with van der Waals surface area (Å²) in [5.41, 5.74) is 11.9. The highest BCUT2D eigenvalue weighted by Gasteiger charge is 2.21. The van der Waals surface area contributed by atoms with Gasteiger partial charge in [0.05, 0.1) is 16.7 Å². The fraction of sp³-hybridized carbons (Fsp3) is 0. The van der Waals surface area contributed by atoms with E-state index in [-0.39, 0.29) is 0 Å². The Hall–Kier alpha value is -7.57. The molecule has 258 valence electrons. The molecular weight excluding hydrogens is 673 g/mol. The number of benzene rings is 7. The molecule has 6 nitrogen and oxygen atoms in total. The normalized spacial score (nSPS) is 11.3. The van der Waals surface area contributed by atoms with Gasteiger partial charge < -0.3 is 4.57 Å². The molecule has 0 aliphatic carbocycles. The molecular formula is C49H32N6. The fourth-order valence-corrected chi connectivity index (χ4v) is 7.18. The van der Waals surface area contributed by atoms with Crippen LogP contribution < -0.4 is 0 Å². The molecule has 3 aromatic heterocycles. The molecule has 0 fully saturated rings. The molecule has 55 heavy (non-hydrogen) atoms. The third kappa shape index (κ3) is 6.02. The van der Waals surface area contributed by atoms with E-state index in [2.05, 4.69) is 126 Å². The number of para-hydroxylation sites is 2. The van der Waals surface area contributed by atoms with Gasteiger partial charge in [-0.3, -0.25) is 0 Å². The third-order valence-electron chi connectivity index (χ3n) is 9.89. The summed E-state index contributed by atoms with van der Waals surface area (Å²) in [5, 5.41) is 1.09. The quantitative estimate of drug-likeness (QED) is 0.165. The zero-order valence-corrected chi connectivity index (χ0v) is 29.7. The van der Waals surface area contributed by atoms with Crippen molar-refractivity contribution < 1.29 is 0 Å². The number of aromatic nitrogens is 6. The lowest BCUT2D eigenvalue weighted by molar-refractivity contribution is 1.07. The average molecular weight is 705 g/mol. The van der Waals surface area contributed by atoms with Crippen LogP contribution in [-0.4, -0.2) is 29.5 Å². The minimum absolute atomic E-state index is 0.630. The number of hydrogen-bond acceptors (Lipinski definition) is 5. The summed E-state index contributed by atoms with van der Waals surface area (Å²) < 4.78 is 2.28. The first-order chi connectivity index (χ1) is 27.3. The summed E-state index contributed by atoms with van der Waals surface area (Å²) in [4.78, 5) is 25.2. The van der Waals surface area contributed by atoms with E-state index in [0.717, 1.165) is 72.3 Å². The van der Waals surface area contributed by atoms with Gasteiger partial charge in [-0.05, 0) is 29.3 Å². The number of rotatable bonds is 7. The molecule has 0 atom stereocenters. The summed E-state index contributed by atoms with van der Waals surface area (Å²) in [6.45, 7) is 0. The Morgan fingerprint density at radius 3 is 1.18 bits per heavy atom. The summed E-state index contributed by atoms with van der Waals surface area (Å²) in [5.74, 6) is 2.60. The summed E-state index contributed by atoms with van der Waals surface area (Å²) in [7, 11) is 0. The number of nitrogens with zero attached hydrogens (tertiary/aromatic N) is 6. The minimum Gasteiger partial charge on any atom is -0.306 e. The van der Waals surface area contributed by atoms with Gasteiger partial charge in [-0.2, -0.15) is 0 Å². The summed E-state index contributed by atoms with van der Waals surface area (Å²) in [6.07, 6.45) is 0.